The maximum atomic E-state index is 9.76. The summed E-state index contributed by atoms with van der Waals surface area (Å²) in [4.78, 5) is 0. The molecule has 3 nitrogen and oxygen atoms in total. The van der Waals surface area contributed by atoms with Gasteiger partial charge >= 0.3 is 0 Å². The molecule has 0 aliphatic carbocycles. The van der Waals surface area contributed by atoms with E-state index in [1.807, 2.05) is 31.2 Å². The van der Waals surface area contributed by atoms with Gasteiger partial charge in [-0.2, -0.15) is 0 Å². The second-order valence-electron chi connectivity index (χ2n) is 5.83. The molecule has 2 aromatic rings. The molecule has 4 heteroatoms. The van der Waals surface area contributed by atoms with Crippen molar-refractivity contribution in [2.24, 2.45) is 0 Å². The van der Waals surface area contributed by atoms with Crippen LogP contribution in [0.3, 0.4) is 0 Å². The van der Waals surface area contributed by atoms with E-state index in [1.54, 1.807) is 12.1 Å². The quantitative estimate of drug-likeness (QED) is 0.649. The molecule has 0 saturated carbocycles. The van der Waals surface area contributed by atoms with Crippen molar-refractivity contribution in [1.82, 2.24) is 0 Å². The summed E-state index contributed by atoms with van der Waals surface area (Å²) in [6.45, 7) is 4.16. The summed E-state index contributed by atoms with van der Waals surface area (Å²) in [5.41, 5.74) is 2.74. The summed E-state index contributed by atoms with van der Waals surface area (Å²) in [5.74, 6) is 0.560. The third-order valence-corrected chi connectivity index (χ3v) is 5.12. The van der Waals surface area contributed by atoms with Gasteiger partial charge in [-0.05, 0) is 77.2 Å². The Morgan fingerprint density at radius 2 is 1.59 bits per heavy atom. The number of aromatic hydroxyl groups is 2. The number of phenolic OH excluding ortho intramolecular Hbond substituents is 2. The van der Waals surface area contributed by atoms with E-state index in [0.717, 1.165) is 26.7 Å². The smallest absolute Gasteiger partial charge is 0.128 e. The molecule has 22 heavy (non-hydrogen) atoms. The molecule has 0 bridgehead atoms. The number of aryl methyl sites for hydroxylation is 1. The minimum atomic E-state index is -0.283. The molecule has 0 radical (unpaired) electrons. The van der Waals surface area contributed by atoms with Crippen LogP contribution in [-0.2, 0) is 5.41 Å². The highest BCUT2D eigenvalue weighted by atomic mass is 127. The van der Waals surface area contributed by atoms with Crippen molar-refractivity contribution < 1.29 is 15.3 Å². The van der Waals surface area contributed by atoms with E-state index in [-0.39, 0.29) is 23.5 Å². The van der Waals surface area contributed by atoms with Crippen LogP contribution < -0.4 is 0 Å². The molecule has 1 atom stereocenters. The molecule has 0 aliphatic heterocycles. The van der Waals surface area contributed by atoms with Gasteiger partial charge in [-0.15, -0.1) is 0 Å². The molecule has 0 heterocycles. The minimum Gasteiger partial charge on any atom is -0.508 e. The van der Waals surface area contributed by atoms with Crippen molar-refractivity contribution in [2.75, 3.05) is 6.61 Å². The van der Waals surface area contributed by atoms with Crippen LogP contribution in [0.1, 0.15) is 36.5 Å². The second kappa shape index (κ2) is 6.87. The van der Waals surface area contributed by atoms with E-state index in [2.05, 4.69) is 29.5 Å². The lowest BCUT2D eigenvalue weighted by molar-refractivity contribution is 0.272. The summed E-state index contributed by atoms with van der Waals surface area (Å²) in [6.07, 6.45) is 1.47. The summed E-state index contributed by atoms with van der Waals surface area (Å²) >= 11 is 2.12. The molecule has 0 aromatic heterocycles. The average Bonchev–Trinajstić information content (AvgIpc) is 2.50. The molecule has 1 unspecified atom stereocenters. The van der Waals surface area contributed by atoms with Gasteiger partial charge in [-0.1, -0.05) is 25.1 Å². The Morgan fingerprint density at radius 3 is 2.14 bits per heavy atom. The largest absolute Gasteiger partial charge is 0.508 e. The molecule has 3 N–H and O–H groups in total. The van der Waals surface area contributed by atoms with Crippen LogP contribution >= 0.6 is 22.6 Å². The second-order valence-corrected chi connectivity index (χ2v) is 6.99. The molecule has 0 fully saturated rings. The van der Waals surface area contributed by atoms with Crippen molar-refractivity contribution >= 4 is 22.6 Å². The molecule has 0 spiro atoms. The highest BCUT2D eigenvalue weighted by Crippen LogP contribution is 2.39. The van der Waals surface area contributed by atoms with E-state index in [1.165, 1.54) is 0 Å². The van der Waals surface area contributed by atoms with Crippen LogP contribution in [-0.4, -0.2) is 21.9 Å². The van der Waals surface area contributed by atoms with Gasteiger partial charge in [0.1, 0.15) is 11.5 Å². The number of phenols is 2. The van der Waals surface area contributed by atoms with Crippen molar-refractivity contribution in [3.63, 3.8) is 0 Å². The number of hydrogen-bond donors (Lipinski definition) is 3. The fourth-order valence-corrected chi connectivity index (χ4v) is 3.25. The van der Waals surface area contributed by atoms with E-state index in [0.29, 0.717) is 6.42 Å². The Hall–Kier alpha value is -1.27. The molecule has 2 rings (SSSR count). The molecular weight excluding hydrogens is 391 g/mol. The first kappa shape index (κ1) is 17.1. The number of hydrogen-bond acceptors (Lipinski definition) is 3. The van der Waals surface area contributed by atoms with E-state index in [4.69, 9.17) is 0 Å². The molecule has 0 amide bonds. The van der Waals surface area contributed by atoms with Gasteiger partial charge in [0.05, 0.1) is 3.57 Å². The van der Waals surface area contributed by atoms with Gasteiger partial charge in [-0.3, -0.25) is 0 Å². The zero-order valence-electron chi connectivity index (χ0n) is 12.8. The van der Waals surface area contributed by atoms with Crippen LogP contribution in [0, 0.1) is 10.5 Å². The van der Waals surface area contributed by atoms with Crippen LogP contribution in [0.25, 0.3) is 0 Å². The van der Waals surface area contributed by atoms with Crippen LogP contribution in [0.5, 0.6) is 11.5 Å². The minimum absolute atomic E-state index is 0.141. The van der Waals surface area contributed by atoms with E-state index in [9.17, 15) is 15.3 Å². The lowest BCUT2D eigenvalue weighted by Gasteiger charge is -2.32. The monoisotopic (exact) mass is 412 g/mol. The van der Waals surface area contributed by atoms with Gasteiger partial charge in [0.2, 0.25) is 0 Å². The molecule has 0 aliphatic rings. The molecular formula is C18H21IO3. The van der Waals surface area contributed by atoms with Crippen molar-refractivity contribution in [1.29, 1.82) is 0 Å². The SMILES string of the molecule is Cc1cc(C(C)(CCCO)c2ccc(O)c(I)c2)ccc1O. The number of aliphatic hydroxyl groups excluding tert-OH is 1. The Morgan fingerprint density at radius 1 is 1.00 bits per heavy atom. The summed E-state index contributed by atoms with van der Waals surface area (Å²) in [5, 5.41) is 28.8. The number of aliphatic hydroxyl groups is 1. The first-order valence-corrected chi connectivity index (χ1v) is 8.36. The summed E-state index contributed by atoms with van der Waals surface area (Å²) in [7, 11) is 0. The zero-order valence-corrected chi connectivity index (χ0v) is 15.0. The predicted octanol–water partition coefficient (Wildman–Crippen LogP) is 4.09. The lowest BCUT2D eigenvalue weighted by atomic mass is 9.72. The molecule has 118 valence electrons. The van der Waals surface area contributed by atoms with Crippen molar-refractivity contribution in [3.05, 3.63) is 56.7 Å². The van der Waals surface area contributed by atoms with Gasteiger partial charge in [-0.25, -0.2) is 0 Å². The maximum absolute atomic E-state index is 9.76. The normalized spacial score (nSPS) is 13.8. The Kier molecular flexibility index (Phi) is 5.34. The van der Waals surface area contributed by atoms with Crippen LogP contribution in [0.2, 0.25) is 0 Å². The predicted molar refractivity (Wildman–Crippen MR) is 96.4 cm³/mol. The molecule has 2 aromatic carbocycles. The van der Waals surface area contributed by atoms with E-state index < -0.39 is 0 Å². The van der Waals surface area contributed by atoms with Crippen LogP contribution in [0.15, 0.2) is 36.4 Å². The number of rotatable bonds is 5. The first-order chi connectivity index (χ1) is 10.4. The topological polar surface area (TPSA) is 60.7 Å². The molecule has 0 saturated heterocycles. The van der Waals surface area contributed by atoms with Gasteiger partial charge in [0, 0.05) is 12.0 Å². The summed E-state index contributed by atoms with van der Waals surface area (Å²) < 4.78 is 0.806. The Balaban J connectivity index is 2.55. The lowest BCUT2D eigenvalue weighted by Crippen LogP contribution is -2.24. The number of benzene rings is 2. The third kappa shape index (κ3) is 3.38. The van der Waals surface area contributed by atoms with Gasteiger partial charge in [0.15, 0.2) is 0 Å². The summed E-state index contributed by atoms with van der Waals surface area (Å²) in [6, 6.07) is 11.3. The fraction of sp³-hybridized carbons (Fsp3) is 0.333. The Labute approximate surface area is 144 Å². The van der Waals surface area contributed by atoms with Crippen molar-refractivity contribution in [2.45, 2.75) is 32.1 Å². The zero-order chi connectivity index (χ0) is 16.3. The standard InChI is InChI=1S/C18H21IO3/c1-12-10-13(4-6-16(12)21)18(2,8-3-9-20)14-5-7-17(22)15(19)11-14/h4-7,10-11,20-22H,3,8-9H2,1-2H3. The van der Waals surface area contributed by atoms with Gasteiger partial charge < -0.3 is 15.3 Å². The first-order valence-electron chi connectivity index (χ1n) is 7.28. The Bertz CT molecular complexity index is 616. The van der Waals surface area contributed by atoms with Crippen molar-refractivity contribution in [3.8, 4) is 11.5 Å². The maximum Gasteiger partial charge on any atom is 0.128 e. The fourth-order valence-electron chi connectivity index (χ4n) is 2.74. The van der Waals surface area contributed by atoms with E-state index >= 15 is 0 Å². The average molecular weight is 412 g/mol. The number of halogens is 1. The highest BCUT2D eigenvalue weighted by Gasteiger charge is 2.29. The van der Waals surface area contributed by atoms with Crippen LogP contribution in [0.4, 0.5) is 0 Å². The third-order valence-electron chi connectivity index (χ3n) is 4.25. The highest BCUT2D eigenvalue weighted by molar-refractivity contribution is 14.1. The van der Waals surface area contributed by atoms with Gasteiger partial charge in [0.25, 0.3) is 0 Å².